The van der Waals surface area contributed by atoms with Crippen LogP contribution in [-0.2, 0) is 19.9 Å². The number of amides is 1. The second-order valence-electron chi connectivity index (χ2n) is 7.12. The number of hydrogen-bond donors (Lipinski definition) is 2. The first-order chi connectivity index (χ1) is 15.0. The normalized spacial score (nSPS) is 12.2. The summed E-state index contributed by atoms with van der Waals surface area (Å²) in [6.45, 7) is 1.43. The third-order valence-electron chi connectivity index (χ3n) is 5.08. The van der Waals surface area contributed by atoms with Crippen LogP contribution in [0.25, 0.3) is 22.3 Å². The summed E-state index contributed by atoms with van der Waals surface area (Å²) in [6, 6.07) is 16.6. The topological polar surface area (TPSA) is 151 Å². The molecule has 0 spiro atoms. The van der Waals surface area contributed by atoms with Gasteiger partial charge in [-0.1, -0.05) is 30.3 Å². The average molecular weight is 471 g/mol. The number of primary amides is 1. The zero-order valence-corrected chi connectivity index (χ0v) is 18.4. The Balaban J connectivity index is 2.10. The van der Waals surface area contributed by atoms with Crippen molar-refractivity contribution in [1.29, 1.82) is 0 Å². The molecule has 0 unspecified atom stereocenters. The Morgan fingerprint density at radius 2 is 1.50 bits per heavy atom. The third-order valence-corrected chi connectivity index (χ3v) is 8.17. The van der Waals surface area contributed by atoms with E-state index in [2.05, 4.69) is 0 Å². The predicted octanol–water partition coefficient (Wildman–Crippen LogP) is 2.99. The largest absolute Gasteiger partial charge is 0.456 e. The summed E-state index contributed by atoms with van der Waals surface area (Å²) in [5, 5.41) is 6.01. The molecule has 164 valence electrons. The van der Waals surface area contributed by atoms with Gasteiger partial charge in [0.25, 0.3) is 0 Å². The average Bonchev–Trinajstić information content (AvgIpc) is 3.16. The van der Waals surface area contributed by atoms with Crippen molar-refractivity contribution >= 4 is 36.7 Å². The van der Waals surface area contributed by atoms with E-state index in [4.69, 9.17) is 15.3 Å². The molecule has 0 radical (unpaired) electrons. The molecule has 0 fully saturated rings. The monoisotopic (exact) mass is 470 g/mol. The number of carbonyl (C=O) groups excluding carboxylic acids is 1. The van der Waals surface area contributed by atoms with Gasteiger partial charge in [0.15, 0.2) is 0 Å². The minimum Gasteiger partial charge on any atom is -0.456 e. The van der Waals surface area contributed by atoms with Crippen LogP contribution in [0.15, 0.2) is 85.8 Å². The summed E-state index contributed by atoms with van der Waals surface area (Å²) in [6.07, 6.45) is 0. The second kappa shape index (κ2) is 7.59. The van der Waals surface area contributed by atoms with Crippen LogP contribution in [-0.4, -0.2) is 22.7 Å². The van der Waals surface area contributed by atoms with Crippen LogP contribution in [0.4, 0.5) is 0 Å². The van der Waals surface area contributed by atoms with E-state index >= 15 is 0 Å². The molecule has 0 aliphatic heterocycles. The van der Waals surface area contributed by atoms with E-state index in [0.717, 1.165) is 17.5 Å². The van der Waals surface area contributed by atoms with Crippen LogP contribution in [0.3, 0.4) is 0 Å². The number of fused-ring (bicyclic) bond motifs is 1. The molecule has 4 aromatic rings. The smallest absolute Gasteiger partial charge is 0.249 e. The quantitative estimate of drug-likeness (QED) is 0.458. The van der Waals surface area contributed by atoms with Crippen LogP contribution < -0.4 is 10.9 Å². The number of sulfone groups is 1. The number of para-hydroxylation sites is 1. The molecule has 1 heterocycles. The first kappa shape index (κ1) is 21.8. The van der Waals surface area contributed by atoms with Gasteiger partial charge in [0.1, 0.15) is 16.2 Å². The molecule has 0 bridgehead atoms. The maximum absolute atomic E-state index is 13.8. The van der Waals surface area contributed by atoms with E-state index in [-0.39, 0.29) is 27.3 Å². The van der Waals surface area contributed by atoms with Crippen molar-refractivity contribution < 1.29 is 26.0 Å². The number of hydrogen-bond acceptors (Lipinski definition) is 6. The molecule has 0 atom stereocenters. The van der Waals surface area contributed by atoms with Crippen molar-refractivity contribution in [3.8, 4) is 11.3 Å². The molecule has 0 saturated carbocycles. The van der Waals surface area contributed by atoms with Crippen molar-refractivity contribution in [2.75, 3.05) is 0 Å². The number of sulfonamides is 1. The summed E-state index contributed by atoms with van der Waals surface area (Å²) in [7, 11) is -8.84. The van der Waals surface area contributed by atoms with E-state index in [9.17, 15) is 21.6 Å². The molecule has 8 nitrogen and oxygen atoms in total. The van der Waals surface area contributed by atoms with E-state index in [1.807, 2.05) is 6.07 Å². The van der Waals surface area contributed by atoms with Crippen molar-refractivity contribution in [2.45, 2.75) is 21.6 Å². The highest BCUT2D eigenvalue weighted by Gasteiger charge is 2.32. The minimum absolute atomic E-state index is 0.0171. The summed E-state index contributed by atoms with van der Waals surface area (Å²) in [5.74, 6) is -0.591. The van der Waals surface area contributed by atoms with Crippen molar-refractivity contribution in [1.82, 2.24) is 0 Å². The molecule has 10 heteroatoms. The Labute approximate surface area is 184 Å². The molecule has 4 rings (SSSR count). The molecule has 0 aliphatic rings. The van der Waals surface area contributed by atoms with Gasteiger partial charge in [-0.05, 0) is 48.9 Å². The summed E-state index contributed by atoms with van der Waals surface area (Å²) in [5.41, 5.74) is 6.19. The van der Waals surface area contributed by atoms with Crippen molar-refractivity contribution in [3.63, 3.8) is 0 Å². The molecule has 3 aromatic carbocycles. The standard InChI is InChI=1S/C22H18N2O6S2/c1-13-15(22(23)25)10-11-16(18-12-14-6-2-3-7-17(14)30-18)21(13)31(26,27)19-8-4-5-9-20(19)32(24,28)29/h2-12H,1H3,(H2,23,25)(H2,24,28,29). The molecular weight excluding hydrogens is 452 g/mol. The number of nitrogens with two attached hydrogens (primary N) is 2. The molecule has 1 amide bonds. The molecule has 1 aromatic heterocycles. The predicted molar refractivity (Wildman–Crippen MR) is 118 cm³/mol. The highest BCUT2D eigenvalue weighted by Crippen LogP contribution is 2.39. The van der Waals surface area contributed by atoms with Crippen LogP contribution in [0, 0.1) is 6.92 Å². The molecule has 0 aliphatic carbocycles. The van der Waals surface area contributed by atoms with Gasteiger partial charge in [0.05, 0.1) is 9.79 Å². The Morgan fingerprint density at radius 3 is 2.12 bits per heavy atom. The lowest BCUT2D eigenvalue weighted by Gasteiger charge is -2.16. The number of carbonyl (C=O) groups is 1. The zero-order chi connectivity index (χ0) is 23.3. The Morgan fingerprint density at radius 1 is 0.875 bits per heavy atom. The van der Waals surface area contributed by atoms with Gasteiger partial charge in [-0.3, -0.25) is 4.79 Å². The third kappa shape index (κ3) is 3.58. The maximum atomic E-state index is 13.8. The summed E-state index contributed by atoms with van der Waals surface area (Å²) < 4.78 is 57.6. The lowest BCUT2D eigenvalue weighted by Crippen LogP contribution is -2.19. The van der Waals surface area contributed by atoms with Gasteiger partial charge in [0, 0.05) is 16.5 Å². The second-order valence-corrected chi connectivity index (χ2v) is 10.5. The summed E-state index contributed by atoms with van der Waals surface area (Å²) >= 11 is 0. The van der Waals surface area contributed by atoms with Crippen LogP contribution in [0.2, 0.25) is 0 Å². The first-order valence-electron chi connectivity index (χ1n) is 9.31. The molecule has 32 heavy (non-hydrogen) atoms. The maximum Gasteiger partial charge on any atom is 0.249 e. The van der Waals surface area contributed by atoms with E-state index in [1.54, 1.807) is 24.3 Å². The van der Waals surface area contributed by atoms with Gasteiger partial charge in [0.2, 0.25) is 25.8 Å². The Bertz CT molecular complexity index is 1570. The molecular formula is C22H18N2O6S2. The first-order valence-corrected chi connectivity index (χ1v) is 12.3. The lowest BCUT2D eigenvalue weighted by molar-refractivity contribution is 0.0999. The van der Waals surface area contributed by atoms with Crippen molar-refractivity contribution in [3.05, 3.63) is 77.9 Å². The Kier molecular flexibility index (Phi) is 5.16. The van der Waals surface area contributed by atoms with E-state index in [1.165, 1.54) is 31.2 Å². The van der Waals surface area contributed by atoms with Crippen LogP contribution in [0.1, 0.15) is 15.9 Å². The van der Waals surface area contributed by atoms with Gasteiger partial charge in [-0.25, -0.2) is 22.0 Å². The molecule has 4 N–H and O–H groups in total. The fourth-order valence-electron chi connectivity index (χ4n) is 3.63. The highest BCUT2D eigenvalue weighted by molar-refractivity contribution is 7.93. The number of furan rings is 1. The summed E-state index contributed by atoms with van der Waals surface area (Å²) in [4.78, 5) is 10.6. The number of benzene rings is 3. The van der Waals surface area contributed by atoms with Gasteiger partial charge < -0.3 is 10.2 Å². The van der Waals surface area contributed by atoms with E-state index < -0.39 is 35.6 Å². The van der Waals surface area contributed by atoms with Crippen molar-refractivity contribution in [2.24, 2.45) is 10.9 Å². The fraction of sp³-hybridized carbons (Fsp3) is 0.0455. The number of rotatable bonds is 5. The number of primary sulfonamides is 1. The minimum atomic E-state index is -4.48. The SMILES string of the molecule is Cc1c(C(N)=O)ccc(-c2cc3ccccc3o2)c1S(=O)(=O)c1ccccc1S(N)(=O)=O. The highest BCUT2D eigenvalue weighted by atomic mass is 32.2. The van der Waals surface area contributed by atoms with Gasteiger partial charge >= 0.3 is 0 Å². The fourth-order valence-corrected chi connectivity index (χ4v) is 6.71. The van der Waals surface area contributed by atoms with Gasteiger partial charge in [-0.2, -0.15) is 0 Å². The van der Waals surface area contributed by atoms with Crippen LogP contribution >= 0.6 is 0 Å². The lowest BCUT2D eigenvalue weighted by atomic mass is 10.0. The zero-order valence-electron chi connectivity index (χ0n) is 16.8. The van der Waals surface area contributed by atoms with Crippen LogP contribution in [0.5, 0.6) is 0 Å². The molecule has 0 saturated heterocycles. The van der Waals surface area contributed by atoms with Gasteiger partial charge in [-0.15, -0.1) is 0 Å². The Hall–Kier alpha value is -3.47. The van der Waals surface area contributed by atoms with E-state index in [0.29, 0.717) is 5.58 Å².